The van der Waals surface area contributed by atoms with Gasteiger partial charge in [-0.2, -0.15) is 0 Å². The van der Waals surface area contributed by atoms with Gasteiger partial charge in [0.15, 0.2) is 5.82 Å². The molecular formula is C21H20F2N4O3. The van der Waals surface area contributed by atoms with Crippen LogP contribution in [0.1, 0.15) is 24.4 Å². The molecule has 1 aliphatic heterocycles. The molecule has 0 radical (unpaired) electrons. The first-order valence-corrected chi connectivity index (χ1v) is 9.95. The molecular weight excluding hydrogens is 394 g/mol. The Hall–Kier alpha value is -3.23. The minimum absolute atomic E-state index is 0.0397. The van der Waals surface area contributed by atoms with Gasteiger partial charge in [0.1, 0.15) is 16.9 Å². The summed E-state index contributed by atoms with van der Waals surface area (Å²) in [6.45, 7) is 3.06. The highest BCUT2D eigenvalue weighted by Gasteiger charge is 2.32. The summed E-state index contributed by atoms with van der Waals surface area (Å²) in [4.78, 5) is 42.2. The molecule has 5 rings (SSSR count). The molecule has 7 nitrogen and oxygen atoms in total. The second-order valence-electron chi connectivity index (χ2n) is 8.00. The number of aromatic amines is 1. The van der Waals surface area contributed by atoms with Crippen LogP contribution in [-0.2, 0) is 4.79 Å². The lowest BCUT2D eigenvalue weighted by molar-refractivity contribution is -0.118. The number of fused-ring (bicyclic) bond motifs is 2. The molecule has 0 unspecified atom stereocenters. The monoisotopic (exact) mass is 414 g/mol. The third kappa shape index (κ3) is 2.64. The Morgan fingerprint density at radius 2 is 1.80 bits per heavy atom. The number of pyridine rings is 2. The van der Waals surface area contributed by atoms with Crippen molar-refractivity contribution >= 4 is 33.9 Å². The van der Waals surface area contributed by atoms with Gasteiger partial charge < -0.3 is 19.4 Å². The Kier molecular flexibility index (Phi) is 4.16. The maximum absolute atomic E-state index is 15.9. The lowest BCUT2D eigenvalue weighted by Crippen LogP contribution is -2.46. The van der Waals surface area contributed by atoms with Gasteiger partial charge in [-0.3, -0.25) is 14.4 Å². The molecule has 1 saturated heterocycles. The van der Waals surface area contributed by atoms with Crippen molar-refractivity contribution < 1.29 is 13.6 Å². The van der Waals surface area contributed by atoms with Gasteiger partial charge in [0.2, 0.25) is 11.8 Å². The Balaban J connectivity index is 1.85. The molecule has 1 amide bonds. The molecule has 2 aliphatic rings. The van der Waals surface area contributed by atoms with Crippen LogP contribution in [0.3, 0.4) is 0 Å². The Bertz CT molecular complexity index is 1320. The number of hydrogen-bond donors (Lipinski definition) is 1. The van der Waals surface area contributed by atoms with Crippen LogP contribution in [0.25, 0.3) is 21.8 Å². The van der Waals surface area contributed by atoms with E-state index in [0.717, 1.165) is 25.3 Å². The number of H-pyrrole nitrogens is 1. The van der Waals surface area contributed by atoms with E-state index in [0.29, 0.717) is 24.2 Å². The van der Waals surface area contributed by atoms with Gasteiger partial charge in [-0.1, -0.05) is 0 Å². The first-order chi connectivity index (χ1) is 14.4. The van der Waals surface area contributed by atoms with Crippen LogP contribution in [0.15, 0.2) is 21.9 Å². The molecule has 1 aliphatic carbocycles. The second kappa shape index (κ2) is 6.65. The van der Waals surface area contributed by atoms with Crippen LogP contribution < -0.4 is 15.9 Å². The molecule has 9 heteroatoms. The van der Waals surface area contributed by atoms with Crippen molar-refractivity contribution in [2.45, 2.75) is 25.8 Å². The van der Waals surface area contributed by atoms with Gasteiger partial charge in [0.25, 0.3) is 5.56 Å². The molecule has 2 aromatic heterocycles. The van der Waals surface area contributed by atoms with Gasteiger partial charge in [-0.05, 0) is 31.4 Å². The smallest absolute Gasteiger partial charge is 0.261 e. The van der Waals surface area contributed by atoms with Crippen molar-refractivity contribution in [3.63, 3.8) is 0 Å². The third-order valence-electron chi connectivity index (χ3n) is 6.07. The summed E-state index contributed by atoms with van der Waals surface area (Å²) in [7, 11) is 0. The number of amides is 1. The lowest BCUT2D eigenvalue weighted by Gasteiger charge is -2.34. The zero-order valence-corrected chi connectivity index (χ0v) is 16.4. The first-order valence-electron chi connectivity index (χ1n) is 9.95. The number of aromatic nitrogens is 2. The fourth-order valence-electron chi connectivity index (χ4n) is 4.43. The van der Waals surface area contributed by atoms with E-state index in [1.165, 1.54) is 6.20 Å². The Labute approximate surface area is 169 Å². The average Bonchev–Trinajstić information content (AvgIpc) is 3.57. The second-order valence-corrected chi connectivity index (χ2v) is 8.00. The number of aryl methyl sites for hydroxylation is 1. The molecule has 3 aromatic rings. The summed E-state index contributed by atoms with van der Waals surface area (Å²) in [6, 6.07) is 0.998. The highest BCUT2D eigenvalue weighted by Crippen LogP contribution is 2.42. The summed E-state index contributed by atoms with van der Waals surface area (Å²) >= 11 is 0. The number of carbonyl (C=O) groups is 1. The van der Waals surface area contributed by atoms with E-state index in [9.17, 15) is 14.4 Å². The minimum atomic E-state index is -0.845. The number of halogens is 2. The standard InChI is InChI=1S/C21H20F2N4O3/c1-11-9-24-21(30)15-17(11)27(12-2-3-12)18-13(20(15)29)8-14(22)19(16(18)23)26-6-4-25(10-28)5-7-26/h8-10,12H,2-7H2,1H3,(H,24,30). The molecule has 156 valence electrons. The fraction of sp³-hybridized carbons (Fsp3) is 0.381. The summed E-state index contributed by atoms with van der Waals surface area (Å²) in [5.41, 5.74) is -0.327. The van der Waals surface area contributed by atoms with Crippen molar-refractivity contribution in [1.29, 1.82) is 0 Å². The zero-order chi connectivity index (χ0) is 21.2. The Morgan fingerprint density at radius 3 is 2.43 bits per heavy atom. The van der Waals surface area contributed by atoms with Gasteiger partial charge in [0.05, 0.1) is 16.4 Å². The van der Waals surface area contributed by atoms with E-state index in [4.69, 9.17) is 0 Å². The lowest BCUT2D eigenvalue weighted by atomic mass is 10.1. The Morgan fingerprint density at radius 1 is 1.10 bits per heavy atom. The number of carbonyl (C=O) groups excluding carboxylic acids is 1. The molecule has 2 fully saturated rings. The number of rotatable bonds is 3. The topological polar surface area (TPSA) is 78.4 Å². The molecule has 3 heterocycles. The van der Waals surface area contributed by atoms with Crippen LogP contribution in [0.4, 0.5) is 14.5 Å². The molecule has 0 spiro atoms. The van der Waals surface area contributed by atoms with Crippen molar-refractivity contribution in [3.8, 4) is 0 Å². The van der Waals surface area contributed by atoms with Gasteiger partial charge in [-0.15, -0.1) is 0 Å². The molecule has 0 bridgehead atoms. The maximum atomic E-state index is 15.9. The van der Waals surface area contributed by atoms with Crippen molar-refractivity contribution in [3.05, 3.63) is 50.0 Å². The van der Waals surface area contributed by atoms with Crippen LogP contribution in [0.5, 0.6) is 0 Å². The van der Waals surface area contributed by atoms with Crippen molar-refractivity contribution in [1.82, 2.24) is 14.5 Å². The van der Waals surface area contributed by atoms with Crippen molar-refractivity contribution in [2.75, 3.05) is 31.1 Å². The molecule has 1 saturated carbocycles. The number of anilines is 1. The number of benzene rings is 1. The third-order valence-corrected chi connectivity index (χ3v) is 6.07. The summed E-state index contributed by atoms with van der Waals surface area (Å²) in [6.07, 6.45) is 3.82. The van der Waals surface area contributed by atoms with E-state index in [2.05, 4.69) is 4.98 Å². The number of piperazine rings is 1. The normalized spacial score (nSPS) is 17.2. The largest absolute Gasteiger partial charge is 0.363 e. The number of nitrogens with one attached hydrogen (secondary N) is 1. The molecule has 0 atom stereocenters. The van der Waals surface area contributed by atoms with E-state index >= 15 is 8.78 Å². The molecule has 1 aromatic carbocycles. The SMILES string of the molecule is Cc1c[nH]c(=O)c2c(=O)c3cc(F)c(N4CCN(C=O)CC4)c(F)c3n(C3CC3)c12. The summed E-state index contributed by atoms with van der Waals surface area (Å²) in [5, 5.41) is -0.198. The molecule has 30 heavy (non-hydrogen) atoms. The minimum Gasteiger partial charge on any atom is -0.363 e. The first kappa shape index (κ1) is 18.8. The predicted octanol–water partition coefficient (Wildman–Crippen LogP) is 2.04. The quantitative estimate of drug-likeness (QED) is 0.526. The van der Waals surface area contributed by atoms with E-state index in [1.807, 2.05) is 0 Å². The fourth-order valence-corrected chi connectivity index (χ4v) is 4.43. The van der Waals surface area contributed by atoms with Crippen LogP contribution in [0, 0.1) is 18.6 Å². The zero-order valence-electron chi connectivity index (χ0n) is 16.4. The highest BCUT2D eigenvalue weighted by atomic mass is 19.1. The van der Waals surface area contributed by atoms with Gasteiger partial charge in [0, 0.05) is 38.4 Å². The van der Waals surface area contributed by atoms with Crippen LogP contribution in [0.2, 0.25) is 0 Å². The van der Waals surface area contributed by atoms with Crippen molar-refractivity contribution in [2.24, 2.45) is 0 Å². The van der Waals surface area contributed by atoms with E-state index in [-0.39, 0.29) is 41.1 Å². The number of nitrogens with zero attached hydrogens (tertiary/aromatic N) is 3. The van der Waals surface area contributed by atoms with Gasteiger partial charge >= 0.3 is 0 Å². The molecule has 1 N–H and O–H groups in total. The van der Waals surface area contributed by atoms with Crippen LogP contribution >= 0.6 is 0 Å². The van der Waals surface area contributed by atoms with Crippen LogP contribution in [-0.4, -0.2) is 47.0 Å². The van der Waals surface area contributed by atoms with Gasteiger partial charge in [-0.25, -0.2) is 8.78 Å². The van der Waals surface area contributed by atoms with E-state index < -0.39 is 22.6 Å². The average molecular weight is 414 g/mol. The number of hydrogen-bond acceptors (Lipinski definition) is 4. The summed E-state index contributed by atoms with van der Waals surface area (Å²) < 4.78 is 32.6. The van der Waals surface area contributed by atoms with E-state index in [1.54, 1.807) is 21.3 Å². The predicted molar refractivity (Wildman–Crippen MR) is 109 cm³/mol. The maximum Gasteiger partial charge on any atom is 0.261 e. The highest BCUT2D eigenvalue weighted by molar-refractivity contribution is 5.96. The summed E-state index contributed by atoms with van der Waals surface area (Å²) in [5.74, 6) is -1.64.